The third-order valence-electron chi connectivity index (χ3n) is 5.33. The van der Waals surface area contributed by atoms with Gasteiger partial charge in [-0.2, -0.15) is 0 Å². The first kappa shape index (κ1) is 22.8. The molecule has 3 aromatic rings. The number of nitrogens with zero attached hydrogens (tertiary/aromatic N) is 1. The molecule has 6 nitrogen and oxygen atoms in total. The molecule has 0 saturated heterocycles. The van der Waals surface area contributed by atoms with Gasteiger partial charge in [-0.3, -0.25) is 9.59 Å². The Morgan fingerprint density at radius 2 is 1.91 bits per heavy atom. The van der Waals surface area contributed by atoms with Crippen LogP contribution in [0.3, 0.4) is 0 Å². The summed E-state index contributed by atoms with van der Waals surface area (Å²) < 4.78 is 11.2. The van der Waals surface area contributed by atoms with Gasteiger partial charge in [-0.15, -0.1) is 0 Å². The fourth-order valence-corrected chi connectivity index (χ4v) is 3.85. The SMILES string of the molecule is CCOC(=O)CNC(=O)c1ncc(-c2cccc(Cl)c2)c(C2CC2)c1OCc1ccccc1. The zero-order valence-electron chi connectivity index (χ0n) is 18.3. The average Bonchev–Trinajstić information content (AvgIpc) is 3.67. The minimum absolute atomic E-state index is 0.155. The number of nitrogens with one attached hydrogen (secondary N) is 1. The molecule has 0 unspecified atom stereocenters. The van der Waals surface area contributed by atoms with E-state index in [1.165, 1.54) is 0 Å². The number of hydrogen-bond acceptors (Lipinski definition) is 5. The van der Waals surface area contributed by atoms with E-state index < -0.39 is 11.9 Å². The molecular formula is C26H25ClN2O4. The molecule has 1 aliphatic rings. The third kappa shape index (κ3) is 5.71. The molecule has 2 aromatic carbocycles. The van der Waals surface area contributed by atoms with Crippen molar-refractivity contribution in [1.82, 2.24) is 10.3 Å². The monoisotopic (exact) mass is 464 g/mol. The Kier molecular flexibility index (Phi) is 7.25. The summed E-state index contributed by atoms with van der Waals surface area (Å²) in [7, 11) is 0. The molecule has 0 spiro atoms. The highest BCUT2D eigenvalue weighted by Gasteiger charge is 2.33. The summed E-state index contributed by atoms with van der Waals surface area (Å²) in [6, 6.07) is 17.3. The predicted octanol–water partition coefficient (Wildman–Crippen LogP) is 5.15. The Hall–Kier alpha value is -3.38. The molecule has 1 aromatic heterocycles. The lowest BCUT2D eigenvalue weighted by Crippen LogP contribution is -2.31. The highest BCUT2D eigenvalue weighted by atomic mass is 35.5. The largest absolute Gasteiger partial charge is 0.486 e. The number of rotatable bonds is 9. The van der Waals surface area contributed by atoms with Crippen LogP contribution in [-0.2, 0) is 16.1 Å². The first-order valence-corrected chi connectivity index (χ1v) is 11.3. The lowest BCUT2D eigenvalue weighted by molar-refractivity contribution is -0.141. The van der Waals surface area contributed by atoms with Gasteiger partial charge in [0.25, 0.3) is 5.91 Å². The molecule has 1 N–H and O–H groups in total. The van der Waals surface area contributed by atoms with Crippen molar-refractivity contribution in [3.8, 4) is 16.9 Å². The summed E-state index contributed by atoms with van der Waals surface area (Å²) in [6.45, 7) is 2.02. The van der Waals surface area contributed by atoms with Gasteiger partial charge in [0.1, 0.15) is 13.2 Å². The number of carbonyl (C=O) groups is 2. The van der Waals surface area contributed by atoms with Gasteiger partial charge >= 0.3 is 5.97 Å². The molecule has 33 heavy (non-hydrogen) atoms. The second kappa shape index (κ2) is 10.5. The van der Waals surface area contributed by atoms with E-state index in [0.717, 1.165) is 35.1 Å². The van der Waals surface area contributed by atoms with Crippen molar-refractivity contribution in [2.75, 3.05) is 13.2 Å². The van der Waals surface area contributed by atoms with Crippen LogP contribution in [0.15, 0.2) is 60.8 Å². The van der Waals surface area contributed by atoms with Crippen LogP contribution in [0.1, 0.15) is 47.3 Å². The van der Waals surface area contributed by atoms with Gasteiger partial charge in [0.15, 0.2) is 11.4 Å². The number of halogens is 1. The van der Waals surface area contributed by atoms with Crippen LogP contribution in [0.4, 0.5) is 0 Å². The van der Waals surface area contributed by atoms with Crippen LogP contribution < -0.4 is 10.1 Å². The molecule has 0 aliphatic heterocycles. The maximum atomic E-state index is 13.0. The lowest BCUT2D eigenvalue weighted by atomic mass is 9.96. The van der Waals surface area contributed by atoms with Crippen molar-refractivity contribution in [3.05, 3.63) is 82.6 Å². The molecule has 1 aliphatic carbocycles. The molecule has 1 heterocycles. The van der Waals surface area contributed by atoms with Crippen LogP contribution in [0, 0.1) is 0 Å². The number of benzene rings is 2. The molecule has 1 amide bonds. The minimum Gasteiger partial charge on any atom is -0.486 e. The smallest absolute Gasteiger partial charge is 0.325 e. The van der Waals surface area contributed by atoms with Crippen LogP contribution in [-0.4, -0.2) is 30.0 Å². The molecule has 0 atom stereocenters. The summed E-state index contributed by atoms with van der Waals surface area (Å²) in [4.78, 5) is 29.2. The van der Waals surface area contributed by atoms with Crippen LogP contribution in [0.25, 0.3) is 11.1 Å². The molecule has 0 radical (unpaired) electrons. The molecule has 7 heteroatoms. The number of amides is 1. The highest BCUT2D eigenvalue weighted by molar-refractivity contribution is 6.30. The van der Waals surface area contributed by atoms with Crippen LogP contribution in [0.2, 0.25) is 5.02 Å². The Morgan fingerprint density at radius 1 is 1.12 bits per heavy atom. The molecule has 1 fully saturated rings. The van der Waals surface area contributed by atoms with Gasteiger partial charge in [0.05, 0.1) is 6.61 Å². The van der Waals surface area contributed by atoms with E-state index >= 15 is 0 Å². The van der Waals surface area contributed by atoms with Crippen molar-refractivity contribution < 1.29 is 19.1 Å². The van der Waals surface area contributed by atoms with E-state index in [9.17, 15) is 9.59 Å². The van der Waals surface area contributed by atoms with Crippen molar-refractivity contribution >= 4 is 23.5 Å². The van der Waals surface area contributed by atoms with Crippen molar-refractivity contribution in [3.63, 3.8) is 0 Å². The van der Waals surface area contributed by atoms with E-state index in [-0.39, 0.29) is 24.8 Å². The quantitative estimate of drug-likeness (QED) is 0.443. The second-order valence-corrected chi connectivity index (χ2v) is 8.25. The van der Waals surface area contributed by atoms with Gasteiger partial charge in [-0.1, -0.05) is 54.1 Å². The number of carbonyl (C=O) groups excluding carboxylic acids is 2. The summed E-state index contributed by atoms with van der Waals surface area (Å²) in [5, 5.41) is 3.22. The summed E-state index contributed by atoms with van der Waals surface area (Å²) >= 11 is 6.24. The lowest BCUT2D eigenvalue weighted by Gasteiger charge is -2.19. The number of aromatic nitrogens is 1. The van der Waals surface area contributed by atoms with E-state index in [0.29, 0.717) is 17.4 Å². The van der Waals surface area contributed by atoms with E-state index in [2.05, 4.69) is 10.3 Å². The van der Waals surface area contributed by atoms with E-state index in [4.69, 9.17) is 21.1 Å². The maximum Gasteiger partial charge on any atom is 0.325 e. The Balaban J connectivity index is 1.72. The molecule has 170 valence electrons. The number of esters is 1. The summed E-state index contributed by atoms with van der Waals surface area (Å²) in [6.07, 6.45) is 3.69. The first-order chi connectivity index (χ1) is 16.1. The van der Waals surface area contributed by atoms with Gasteiger partial charge < -0.3 is 14.8 Å². The molecular weight excluding hydrogens is 440 g/mol. The third-order valence-corrected chi connectivity index (χ3v) is 5.57. The van der Waals surface area contributed by atoms with Crippen LogP contribution >= 0.6 is 11.6 Å². The number of pyridine rings is 1. The summed E-state index contributed by atoms with van der Waals surface area (Å²) in [5.41, 5.74) is 3.89. The zero-order valence-corrected chi connectivity index (χ0v) is 19.1. The Bertz CT molecular complexity index is 1150. The van der Waals surface area contributed by atoms with E-state index in [1.807, 2.05) is 54.6 Å². The zero-order chi connectivity index (χ0) is 23.2. The fraction of sp³-hybridized carbons (Fsp3) is 0.269. The predicted molar refractivity (Wildman–Crippen MR) is 126 cm³/mol. The second-order valence-electron chi connectivity index (χ2n) is 7.81. The number of ether oxygens (including phenoxy) is 2. The number of hydrogen-bond donors (Lipinski definition) is 1. The van der Waals surface area contributed by atoms with Crippen molar-refractivity contribution in [1.29, 1.82) is 0 Å². The Morgan fingerprint density at radius 3 is 2.61 bits per heavy atom. The van der Waals surface area contributed by atoms with Crippen LogP contribution in [0.5, 0.6) is 5.75 Å². The van der Waals surface area contributed by atoms with Gasteiger partial charge in [0, 0.05) is 22.3 Å². The molecule has 1 saturated carbocycles. The van der Waals surface area contributed by atoms with Gasteiger partial charge in [0.2, 0.25) is 0 Å². The fourth-order valence-electron chi connectivity index (χ4n) is 3.66. The first-order valence-electron chi connectivity index (χ1n) is 11.0. The van der Waals surface area contributed by atoms with Gasteiger partial charge in [-0.25, -0.2) is 4.98 Å². The maximum absolute atomic E-state index is 13.0. The molecule has 4 rings (SSSR count). The standard InChI is InChI=1S/C26H25ClN2O4/c1-2-32-22(30)15-29-26(31)24-25(33-16-17-7-4-3-5-8-17)23(18-11-12-18)21(14-28-24)19-9-6-10-20(27)13-19/h3-10,13-14,18H,2,11-12,15-16H2,1H3,(H,29,31). The summed E-state index contributed by atoms with van der Waals surface area (Å²) in [5.74, 6) is -0.272. The Labute approximate surface area is 197 Å². The van der Waals surface area contributed by atoms with E-state index in [1.54, 1.807) is 13.1 Å². The minimum atomic E-state index is -0.504. The normalized spacial score (nSPS) is 12.8. The van der Waals surface area contributed by atoms with Gasteiger partial charge in [-0.05, 0) is 48.9 Å². The average molecular weight is 465 g/mol. The highest BCUT2D eigenvalue weighted by Crippen LogP contribution is 2.49. The van der Waals surface area contributed by atoms with Crippen molar-refractivity contribution in [2.45, 2.75) is 32.3 Å². The topological polar surface area (TPSA) is 77.5 Å². The molecule has 0 bridgehead atoms. The van der Waals surface area contributed by atoms with Crippen molar-refractivity contribution in [2.24, 2.45) is 0 Å².